The predicted octanol–water partition coefficient (Wildman–Crippen LogP) is 2.66. The number of amides is 1. The van der Waals surface area contributed by atoms with Crippen molar-refractivity contribution in [1.29, 1.82) is 0 Å². The summed E-state index contributed by atoms with van der Waals surface area (Å²) in [5.41, 5.74) is 4.77. The Hall–Kier alpha value is -2.34. The first-order valence-electron chi connectivity index (χ1n) is 9.05. The van der Waals surface area contributed by atoms with Crippen LogP contribution in [0.1, 0.15) is 30.0 Å². The average molecular weight is 368 g/mol. The van der Waals surface area contributed by atoms with Gasteiger partial charge in [0.05, 0.1) is 16.3 Å². The van der Waals surface area contributed by atoms with Crippen LogP contribution < -0.4 is 9.21 Å². The molecule has 0 N–H and O–H groups in total. The number of carbonyl (C=O) groups is 1. The Kier molecular flexibility index (Phi) is 3.26. The summed E-state index contributed by atoms with van der Waals surface area (Å²) in [5, 5.41) is 0. The zero-order valence-electron chi connectivity index (χ0n) is 14.6. The van der Waals surface area contributed by atoms with Gasteiger partial charge in [-0.05, 0) is 61.1 Å². The maximum atomic E-state index is 13.5. The summed E-state index contributed by atoms with van der Waals surface area (Å²) in [7, 11) is -3.63. The van der Waals surface area contributed by atoms with E-state index in [2.05, 4.69) is 0 Å². The minimum atomic E-state index is -3.63. The zero-order chi connectivity index (χ0) is 18.1. The number of carbonyl (C=O) groups excluding carboxylic acids is 1. The lowest BCUT2D eigenvalue weighted by atomic mass is 10.00. The van der Waals surface area contributed by atoms with E-state index in [9.17, 15) is 13.2 Å². The third kappa shape index (κ3) is 2.08. The van der Waals surface area contributed by atoms with Crippen LogP contribution in [0.15, 0.2) is 41.3 Å². The highest BCUT2D eigenvalue weighted by Gasteiger charge is 2.38. The lowest BCUT2D eigenvalue weighted by Crippen LogP contribution is -2.36. The molecule has 3 heterocycles. The third-order valence-corrected chi connectivity index (χ3v) is 7.63. The highest BCUT2D eigenvalue weighted by molar-refractivity contribution is 7.92. The molecule has 26 heavy (non-hydrogen) atoms. The van der Waals surface area contributed by atoms with Crippen LogP contribution in [0.2, 0.25) is 0 Å². The lowest BCUT2D eigenvalue weighted by molar-refractivity contribution is -0.118. The monoisotopic (exact) mass is 368 g/mol. The van der Waals surface area contributed by atoms with Crippen molar-refractivity contribution in [3.05, 3.63) is 53.1 Å². The molecule has 6 heteroatoms. The number of hydrogen-bond donors (Lipinski definition) is 0. The van der Waals surface area contributed by atoms with Crippen molar-refractivity contribution in [1.82, 2.24) is 0 Å². The molecule has 1 amide bonds. The predicted molar refractivity (Wildman–Crippen MR) is 100 cm³/mol. The first-order valence-corrected chi connectivity index (χ1v) is 10.5. The van der Waals surface area contributed by atoms with Gasteiger partial charge in [-0.15, -0.1) is 0 Å². The molecule has 0 saturated carbocycles. The zero-order valence-corrected chi connectivity index (χ0v) is 15.4. The van der Waals surface area contributed by atoms with Crippen LogP contribution in [-0.4, -0.2) is 26.9 Å². The molecule has 3 aliphatic rings. The summed E-state index contributed by atoms with van der Waals surface area (Å²) in [6.45, 7) is 2.61. The maximum absolute atomic E-state index is 13.5. The number of sulfonamides is 1. The smallest absolute Gasteiger partial charge is 0.264 e. The standard InChI is InChI=1S/C20H20N2O3S/c1-13-10-14-4-2-3-5-18(14)22(13)26(24,25)17-11-15-6-7-19(23)21-9-8-16(12-17)20(15)21/h2-5,11-13H,6-10H2,1H3/t13-/m1/s1. The molecule has 0 saturated heterocycles. The molecule has 0 spiro atoms. The molecule has 3 aliphatic heterocycles. The fourth-order valence-corrected chi connectivity index (χ4v) is 6.39. The average Bonchev–Trinajstić information content (AvgIpc) is 3.19. The second kappa shape index (κ2) is 5.33. The van der Waals surface area contributed by atoms with Crippen LogP contribution in [-0.2, 0) is 34.1 Å². The fourth-order valence-electron chi connectivity index (χ4n) is 4.59. The summed E-state index contributed by atoms with van der Waals surface area (Å²) in [4.78, 5) is 14.3. The van der Waals surface area contributed by atoms with E-state index >= 15 is 0 Å². The van der Waals surface area contributed by atoms with E-state index in [0.29, 0.717) is 24.3 Å². The second-order valence-electron chi connectivity index (χ2n) is 7.37. The minimum Gasteiger partial charge on any atom is -0.312 e. The van der Waals surface area contributed by atoms with Gasteiger partial charge in [0.15, 0.2) is 0 Å². The van der Waals surface area contributed by atoms with Gasteiger partial charge in [0.1, 0.15) is 0 Å². The molecule has 1 atom stereocenters. The summed E-state index contributed by atoms with van der Waals surface area (Å²) in [6, 6.07) is 11.2. The van der Waals surface area contributed by atoms with Crippen LogP contribution in [0.4, 0.5) is 11.4 Å². The van der Waals surface area contributed by atoms with Gasteiger partial charge < -0.3 is 4.90 Å². The van der Waals surface area contributed by atoms with Crippen molar-refractivity contribution in [3.8, 4) is 0 Å². The lowest BCUT2D eigenvalue weighted by Gasteiger charge is -2.28. The second-order valence-corrected chi connectivity index (χ2v) is 9.18. The number of hydrogen-bond acceptors (Lipinski definition) is 3. The van der Waals surface area contributed by atoms with Crippen molar-refractivity contribution in [2.45, 2.75) is 43.5 Å². The highest BCUT2D eigenvalue weighted by Crippen LogP contribution is 2.41. The van der Waals surface area contributed by atoms with Gasteiger partial charge in [-0.1, -0.05) is 18.2 Å². The summed E-state index contributed by atoms with van der Waals surface area (Å²) in [6.07, 6.45) is 2.53. The van der Waals surface area contributed by atoms with E-state index in [1.807, 2.05) is 36.1 Å². The molecule has 134 valence electrons. The molecule has 2 aromatic rings. The van der Waals surface area contributed by atoms with E-state index in [-0.39, 0.29) is 11.9 Å². The minimum absolute atomic E-state index is 0.0971. The molecule has 0 radical (unpaired) electrons. The Labute approximate surface area is 153 Å². The van der Waals surface area contributed by atoms with Crippen molar-refractivity contribution in [2.75, 3.05) is 15.7 Å². The summed E-state index contributed by atoms with van der Waals surface area (Å²) < 4.78 is 28.5. The number of fused-ring (bicyclic) bond motifs is 1. The van der Waals surface area contributed by atoms with Gasteiger partial charge in [-0.25, -0.2) is 8.42 Å². The van der Waals surface area contributed by atoms with Crippen LogP contribution in [0, 0.1) is 0 Å². The number of para-hydroxylation sites is 1. The van der Waals surface area contributed by atoms with Gasteiger partial charge >= 0.3 is 0 Å². The quantitative estimate of drug-likeness (QED) is 0.819. The van der Waals surface area contributed by atoms with Crippen molar-refractivity contribution < 1.29 is 13.2 Å². The Morgan fingerprint density at radius 3 is 2.54 bits per heavy atom. The van der Waals surface area contributed by atoms with E-state index in [4.69, 9.17) is 0 Å². The molecule has 0 aliphatic carbocycles. The summed E-state index contributed by atoms with van der Waals surface area (Å²) >= 11 is 0. The molecular formula is C20H20N2O3S. The van der Waals surface area contributed by atoms with Gasteiger partial charge in [0.25, 0.3) is 10.0 Å². The molecular weight excluding hydrogens is 348 g/mol. The molecule has 5 nitrogen and oxygen atoms in total. The molecule has 2 aromatic carbocycles. The number of anilines is 2. The molecule has 0 fully saturated rings. The number of benzene rings is 2. The van der Waals surface area contributed by atoms with Crippen LogP contribution in [0.5, 0.6) is 0 Å². The molecule has 0 bridgehead atoms. The van der Waals surface area contributed by atoms with Crippen LogP contribution >= 0.6 is 0 Å². The highest BCUT2D eigenvalue weighted by atomic mass is 32.2. The van der Waals surface area contributed by atoms with E-state index < -0.39 is 10.0 Å². The normalized spacial score (nSPS) is 21.1. The van der Waals surface area contributed by atoms with Gasteiger partial charge in [0.2, 0.25) is 5.91 Å². The molecule has 5 rings (SSSR count). The van der Waals surface area contributed by atoms with E-state index in [1.54, 1.807) is 16.4 Å². The van der Waals surface area contributed by atoms with Crippen LogP contribution in [0.3, 0.4) is 0 Å². The fraction of sp³-hybridized carbons (Fsp3) is 0.350. The Morgan fingerprint density at radius 2 is 1.73 bits per heavy atom. The third-order valence-electron chi connectivity index (χ3n) is 5.73. The van der Waals surface area contributed by atoms with Crippen molar-refractivity contribution >= 4 is 27.3 Å². The van der Waals surface area contributed by atoms with E-state index in [1.165, 1.54) is 0 Å². The van der Waals surface area contributed by atoms with Gasteiger partial charge in [0, 0.05) is 19.0 Å². The molecule has 0 unspecified atom stereocenters. The SMILES string of the molecule is C[C@@H]1Cc2ccccc2N1S(=O)(=O)c1cc2c3c(c1)CCN3C(=O)CC2. The Balaban J connectivity index is 1.64. The molecule has 0 aromatic heterocycles. The van der Waals surface area contributed by atoms with E-state index in [0.717, 1.165) is 40.9 Å². The van der Waals surface area contributed by atoms with Crippen molar-refractivity contribution in [2.24, 2.45) is 0 Å². The largest absolute Gasteiger partial charge is 0.312 e. The Morgan fingerprint density at radius 1 is 1.00 bits per heavy atom. The van der Waals surface area contributed by atoms with Crippen molar-refractivity contribution in [3.63, 3.8) is 0 Å². The van der Waals surface area contributed by atoms with Gasteiger partial charge in [-0.3, -0.25) is 9.10 Å². The number of nitrogens with zero attached hydrogens (tertiary/aromatic N) is 2. The maximum Gasteiger partial charge on any atom is 0.264 e. The number of aryl methyl sites for hydroxylation is 1. The van der Waals surface area contributed by atoms with Crippen LogP contribution in [0.25, 0.3) is 0 Å². The first kappa shape index (κ1) is 15.9. The number of rotatable bonds is 2. The topological polar surface area (TPSA) is 57.7 Å². The first-order chi connectivity index (χ1) is 12.5. The Bertz CT molecular complexity index is 1050. The van der Waals surface area contributed by atoms with Gasteiger partial charge in [-0.2, -0.15) is 0 Å². The summed E-state index contributed by atoms with van der Waals surface area (Å²) in [5.74, 6) is 0.147.